The second-order valence-corrected chi connectivity index (χ2v) is 10.3. The van der Waals surface area contributed by atoms with Crippen LogP contribution in [0.3, 0.4) is 0 Å². The zero-order valence-corrected chi connectivity index (χ0v) is 17.7. The molecule has 3 aromatic carbocycles. The Kier molecular flexibility index (Phi) is 7.17. The monoisotopic (exact) mass is 391 g/mol. The minimum atomic E-state index is -1.87. The number of rotatable bonds is 8. The molecule has 0 aliphatic carbocycles. The predicted molar refractivity (Wildman–Crippen MR) is 122 cm³/mol. The van der Waals surface area contributed by atoms with Gasteiger partial charge in [0.1, 0.15) is 23.2 Å². The Labute approximate surface area is 169 Å². The largest absolute Gasteiger partial charge is 0.352 e. The van der Waals surface area contributed by atoms with Crippen molar-refractivity contribution >= 4 is 23.2 Å². The second-order valence-electron chi connectivity index (χ2n) is 6.83. The van der Waals surface area contributed by atoms with E-state index < -0.39 is 7.26 Å². The first-order chi connectivity index (χ1) is 13.7. The van der Waals surface area contributed by atoms with Gasteiger partial charge in [-0.05, 0) is 55.0 Å². The lowest BCUT2D eigenvalue weighted by atomic mass is 10.3. The Balaban J connectivity index is 2.22. The van der Waals surface area contributed by atoms with Gasteiger partial charge in [0.15, 0.2) is 6.29 Å². The maximum Gasteiger partial charge on any atom is 0.176 e. The van der Waals surface area contributed by atoms with E-state index in [-0.39, 0.29) is 6.29 Å². The van der Waals surface area contributed by atoms with Crippen molar-refractivity contribution in [3.63, 3.8) is 0 Å². The van der Waals surface area contributed by atoms with Crippen LogP contribution in [-0.4, -0.2) is 26.7 Å². The van der Waals surface area contributed by atoms with Crippen molar-refractivity contribution < 1.29 is 9.47 Å². The van der Waals surface area contributed by atoms with Gasteiger partial charge in [0.25, 0.3) is 0 Å². The third kappa shape index (κ3) is 4.42. The molecular weight excluding hydrogens is 363 g/mol. The van der Waals surface area contributed by atoms with Gasteiger partial charge in [-0.2, -0.15) is 0 Å². The summed E-state index contributed by atoms with van der Waals surface area (Å²) in [4.78, 5) is 0. The van der Waals surface area contributed by atoms with E-state index in [1.165, 1.54) is 21.5 Å². The highest BCUT2D eigenvalue weighted by Crippen LogP contribution is 2.56. The molecule has 2 nitrogen and oxygen atoms in total. The number of allylic oxidation sites excluding steroid dienone is 1. The highest BCUT2D eigenvalue weighted by atomic mass is 31.2. The molecule has 3 aromatic rings. The molecule has 0 heterocycles. The van der Waals surface area contributed by atoms with Gasteiger partial charge in [-0.25, -0.2) is 0 Å². The fourth-order valence-electron chi connectivity index (χ4n) is 3.66. The zero-order valence-electron chi connectivity index (χ0n) is 16.8. The topological polar surface area (TPSA) is 18.5 Å². The van der Waals surface area contributed by atoms with E-state index >= 15 is 0 Å². The van der Waals surface area contributed by atoms with Crippen LogP contribution in [0.1, 0.15) is 6.92 Å². The molecule has 0 spiro atoms. The molecule has 0 fully saturated rings. The molecule has 0 aromatic heterocycles. The van der Waals surface area contributed by atoms with Crippen LogP contribution in [0.2, 0.25) is 0 Å². The Morgan fingerprint density at radius 1 is 0.714 bits per heavy atom. The summed E-state index contributed by atoms with van der Waals surface area (Å²) in [5, 5.41) is 4.14. The third-order valence-corrected chi connectivity index (χ3v) is 9.47. The minimum absolute atomic E-state index is 0.329. The molecule has 0 saturated carbocycles. The highest BCUT2D eigenvalue weighted by Gasteiger charge is 2.45. The SMILES string of the molecule is COC(C=C(C)C[P+](c1ccccc1)(c1ccccc1)c1ccccc1)OC. The van der Waals surface area contributed by atoms with Crippen molar-refractivity contribution in [1.82, 2.24) is 0 Å². The molecule has 0 aliphatic heterocycles. The van der Waals surface area contributed by atoms with Crippen LogP contribution < -0.4 is 15.9 Å². The molecule has 0 N–H and O–H groups in total. The van der Waals surface area contributed by atoms with Crippen molar-refractivity contribution in [2.24, 2.45) is 0 Å². The first-order valence-corrected chi connectivity index (χ1v) is 11.5. The van der Waals surface area contributed by atoms with E-state index in [0.29, 0.717) is 0 Å². The van der Waals surface area contributed by atoms with Gasteiger partial charge in [-0.15, -0.1) is 0 Å². The first kappa shape index (κ1) is 20.5. The van der Waals surface area contributed by atoms with E-state index in [1.807, 2.05) is 0 Å². The Morgan fingerprint density at radius 3 is 1.39 bits per heavy atom. The summed E-state index contributed by atoms with van der Waals surface area (Å²) >= 11 is 0. The maximum atomic E-state index is 5.42. The Hall–Kier alpha value is -2.25. The first-order valence-electron chi connectivity index (χ1n) is 9.48. The van der Waals surface area contributed by atoms with Gasteiger partial charge < -0.3 is 9.47 Å². The maximum absolute atomic E-state index is 5.42. The molecule has 0 amide bonds. The van der Waals surface area contributed by atoms with Crippen molar-refractivity contribution in [2.45, 2.75) is 13.2 Å². The van der Waals surface area contributed by atoms with Gasteiger partial charge in [-0.3, -0.25) is 0 Å². The van der Waals surface area contributed by atoms with E-state index in [0.717, 1.165) is 6.16 Å². The lowest BCUT2D eigenvalue weighted by molar-refractivity contribution is -0.0670. The molecular formula is C25H28O2P+. The standard InChI is InChI=1S/C25H28O2P/c1-21(19-25(26-2)27-3)20-28(22-13-7-4-8-14-22,23-15-9-5-10-16-23)24-17-11-6-12-18-24/h4-19,25H,20H2,1-3H3/q+1. The van der Waals surface area contributed by atoms with Crippen LogP contribution in [0.5, 0.6) is 0 Å². The molecule has 144 valence electrons. The number of hydrogen-bond donors (Lipinski definition) is 0. The molecule has 0 aliphatic rings. The number of ether oxygens (including phenoxy) is 2. The lowest BCUT2D eigenvalue weighted by Crippen LogP contribution is -2.33. The second kappa shape index (κ2) is 9.80. The van der Waals surface area contributed by atoms with Crippen LogP contribution in [0, 0.1) is 0 Å². The number of hydrogen-bond acceptors (Lipinski definition) is 2. The van der Waals surface area contributed by atoms with E-state index in [9.17, 15) is 0 Å². The van der Waals surface area contributed by atoms with E-state index in [1.54, 1.807) is 14.2 Å². The van der Waals surface area contributed by atoms with Gasteiger partial charge in [0.2, 0.25) is 0 Å². The quantitative estimate of drug-likeness (QED) is 0.319. The fraction of sp³-hybridized carbons (Fsp3) is 0.200. The summed E-state index contributed by atoms with van der Waals surface area (Å²) < 4.78 is 10.8. The molecule has 0 atom stereocenters. The summed E-state index contributed by atoms with van der Waals surface area (Å²) in [6, 6.07) is 32.7. The van der Waals surface area contributed by atoms with Crippen LogP contribution in [-0.2, 0) is 9.47 Å². The molecule has 0 unspecified atom stereocenters. The smallest absolute Gasteiger partial charge is 0.176 e. The molecule has 0 bridgehead atoms. The van der Waals surface area contributed by atoms with Gasteiger partial charge >= 0.3 is 0 Å². The molecule has 3 rings (SSSR count). The minimum Gasteiger partial charge on any atom is -0.352 e. The zero-order chi connectivity index (χ0) is 19.8. The van der Waals surface area contributed by atoms with E-state index in [4.69, 9.17) is 9.47 Å². The Bertz CT molecular complexity index is 776. The average molecular weight is 391 g/mol. The third-order valence-electron chi connectivity index (χ3n) is 4.96. The Morgan fingerprint density at radius 2 is 1.07 bits per heavy atom. The predicted octanol–water partition coefficient (Wildman–Crippen LogP) is 4.55. The van der Waals surface area contributed by atoms with E-state index in [2.05, 4.69) is 104 Å². The van der Waals surface area contributed by atoms with Crippen molar-refractivity contribution in [1.29, 1.82) is 0 Å². The molecule has 0 radical (unpaired) electrons. The normalized spacial score (nSPS) is 12.4. The number of methoxy groups -OCH3 is 2. The average Bonchev–Trinajstić information content (AvgIpc) is 2.77. The molecule has 0 saturated heterocycles. The fourth-order valence-corrected chi connectivity index (χ4v) is 8.00. The molecule has 3 heteroatoms. The summed E-state index contributed by atoms with van der Waals surface area (Å²) in [6.07, 6.45) is 2.70. The lowest BCUT2D eigenvalue weighted by Gasteiger charge is -2.28. The summed E-state index contributed by atoms with van der Waals surface area (Å²) in [6.45, 7) is 2.18. The van der Waals surface area contributed by atoms with Crippen molar-refractivity contribution in [3.05, 3.63) is 103 Å². The van der Waals surface area contributed by atoms with Crippen LogP contribution in [0.4, 0.5) is 0 Å². The van der Waals surface area contributed by atoms with Crippen LogP contribution >= 0.6 is 7.26 Å². The van der Waals surface area contributed by atoms with Crippen LogP contribution in [0.15, 0.2) is 103 Å². The number of benzene rings is 3. The van der Waals surface area contributed by atoms with Crippen LogP contribution in [0.25, 0.3) is 0 Å². The highest BCUT2D eigenvalue weighted by molar-refractivity contribution is 7.95. The van der Waals surface area contributed by atoms with Crippen molar-refractivity contribution in [2.75, 3.05) is 20.4 Å². The summed E-state index contributed by atoms with van der Waals surface area (Å²) in [5.74, 6) is 0. The molecule has 28 heavy (non-hydrogen) atoms. The van der Waals surface area contributed by atoms with Gasteiger partial charge in [0.05, 0.1) is 6.16 Å². The summed E-state index contributed by atoms with van der Waals surface area (Å²) in [7, 11) is 1.48. The summed E-state index contributed by atoms with van der Waals surface area (Å²) in [5.41, 5.74) is 1.26. The van der Waals surface area contributed by atoms with Gasteiger partial charge in [-0.1, -0.05) is 54.6 Å². The van der Waals surface area contributed by atoms with Gasteiger partial charge in [0, 0.05) is 14.2 Å². The van der Waals surface area contributed by atoms with Crippen molar-refractivity contribution in [3.8, 4) is 0 Å².